The highest BCUT2D eigenvalue weighted by atomic mass is 35.5. The molecule has 0 radical (unpaired) electrons. The standard InChI is InChI=1S/C17H15ClN2O2/c1-2-11-22-17-19-15-6-4-3-5-14(15)16(21)20(17)13-9-7-12(18)8-10-13/h3-10H,2,11H2,1H3. The lowest BCUT2D eigenvalue weighted by molar-refractivity contribution is 0.284. The van der Waals surface area contributed by atoms with E-state index in [-0.39, 0.29) is 5.56 Å². The van der Waals surface area contributed by atoms with Crippen molar-refractivity contribution in [3.8, 4) is 11.7 Å². The van der Waals surface area contributed by atoms with Crippen LogP contribution in [0.5, 0.6) is 6.01 Å². The Labute approximate surface area is 132 Å². The largest absolute Gasteiger partial charge is 0.464 e. The van der Waals surface area contributed by atoms with Crippen LogP contribution < -0.4 is 10.3 Å². The molecule has 0 atom stereocenters. The molecule has 0 N–H and O–H groups in total. The van der Waals surface area contributed by atoms with Crippen molar-refractivity contribution in [2.24, 2.45) is 0 Å². The highest BCUT2D eigenvalue weighted by molar-refractivity contribution is 6.30. The molecule has 0 saturated carbocycles. The van der Waals surface area contributed by atoms with E-state index in [1.807, 2.05) is 25.1 Å². The molecule has 22 heavy (non-hydrogen) atoms. The smallest absolute Gasteiger partial charge is 0.304 e. The predicted octanol–water partition coefficient (Wildman–Crippen LogP) is 3.83. The number of ether oxygens (including phenoxy) is 1. The Kier molecular flexibility index (Phi) is 4.11. The SMILES string of the molecule is CCCOc1nc2ccccc2c(=O)n1-c1ccc(Cl)cc1. The number of nitrogens with zero attached hydrogens (tertiary/aromatic N) is 2. The van der Waals surface area contributed by atoms with Crippen LogP contribution in [0.4, 0.5) is 0 Å². The number of para-hydroxylation sites is 1. The van der Waals surface area contributed by atoms with Crippen LogP contribution >= 0.6 is 11.6 Å². The third-order valence-electron chi connectivity index (χ3n) is 3.27. The molecule has 4 nitrogen and oxygen atoms in total. The van der Waals surface area contributed by atoms with Gasteiger partial charge < -0.3 is 4.74 Å². The molecule has 3 aromatic rings. The van der Waals surface area contributed by atoms with E-state index in [1.165, 1.54) is 4.57 Å². The number of hydrogen-bond donors (Lipinski definition) is 0. The van der Waals surface area contributed by atoms with Crippen LogP contribution in [0.15, 0.2) is 53.3 Å². The van der Waals surface area contributed by atoms with Gasteiger partial charge in [-0.15, -0.1) is 0 Å². The molecule has 0 aliphatic heterocycles. The molecule has 1 aromatic heterocycles. The zero-order valence-corrected chi connectivity index (χ0v) is 12.9. The maximum atomic E-state index is 12.8. The molecule has 0 aliphatic carbocycles. The van der Waals surface area contributed by atoms with E-state index in [0.717, 1.165) is 6.42 Å². The van der Waals surface area contributed by atoms with Gasteiger partial charge in [0.05, 0.1) is 23.2 Å². The van der Waals surface area contributed by atoms with Crippen LogP contribution in [0.1, 0.15) is 13.3 Å². The molecule has 0 unspecified atom stereocenters. The molecule has 0 saturated heterocycles. The van der Waals surface area contributed by atoms with Gasteiger partial charge >= 0.3 is 6.01 Å². The third-order valence-corrected chi connectivity index (χ3v) is 3.52. The zero-order chi connectivity index (χ0) is 15.5. The maximum absolute atomic E-state index is 12.8. The fourth-order valence-corrected chi connectivity index (χ4v) is 2.35. The van der Waals surface area contributed by atoms with Crippen molar-refractivity contribution in [1.82, 2.24) is 9.55 Å². The maximum Gasteiger partial charge on any atom is 0.304 e. The second-order valence-corrected chi connectivity index (χ2v) is 5.31. The topological polar surface area (TPSA) is 44.1 Å². The quantitative estimate of drug-likeness (QED) is 0.735. The molecular formula is C17H15ClN2O2. The number of aromatic nitrogens is 2. The van der Waals surface area contributed by atoms with Crippen LogP contribution in [0.3, 0.4) is 0 Å². The van der Waals surface area contributed by atoms with Crippen LogP contribution in [-0.4, -0.2) is 16.2 Å². The Morgan fingerprint density at radius 2 is 1.86 bits per heavy atom. The average Bonchev–Trinajstić information content (AvgIpc) is 2.54. The van der Waals surface area contributed by atoms with Gasteiger partial charge in [0.2, 0.25) is 0 Å². The normalized spacial score (nSPS) is 10.8. The Morgan fingerprint density at radius 3 is 2.59 bits per heavy atom. The summed E-state index contributed by atoms with van der Waals surface area (Å²) < 4.78 is 7.16. The van der Waals surface area contributed by atoms with Gasteiger partial charge in [-0.1, -0.05) is 30.7 Å². The van der Waals surface area contributed by atoms with E-state index in [9.17, 15) is 4.79 Å². The molecule has 0 spiro atoms. The first-order chi connectivity index (χ1) is 10.7. The highest BCUT2D eigenvalue weighted by Gasteiger charge is 2.13. The van der Waals surface area contributed by atoms with Crippen molar-refractivity contribution < 1.29 is 4.74 Å². The Bertz CT molecular complexity index is 857. The van der Waals surface area contributed by atoms with Crippen molar-refractivity contribution in [3.05, 3.63) is 63.9 Å². The summed E-state index contributed by atoms with van der Waals surface area (Å²) in [4.78, 5) is 17.3. The lowest BCUT2D eigenvalue weighted by atomic mass is 10.2. The first kappa shape index (κ1) is 14.6. The van der Waals surface area contributed by atoms with Gasteiger partial charge in [-0.3, -0.25) is 4.79 Å². The summed E-state index contributed by atoms with van der Waals surface area (Å²) >= 11 is 5.92. The molecule has 0 amide bonds. The Morgan fingerprint density at radius 1 is 1.14 bits per heavy atom. The molecule has 112 valence electrons. The van der Waals surface area contributed by atoms with E-state index >= 15 is 0 Å². The van der Waals surface area contributed by atoms with Gasteiger partial charge in [0.1, 0.15) is 0 Å². The lowest BCUT2D eigenvalue weighted by Gasteiger charge is -2.13. The van der Waals surface area contributed by atoms with E-state index in [0.29, 0.717) is 34.2 Å². The van der Waals surface area contributed by atoms with Gasteiger partial charge in [-0.2, -0.15) is 4.98 Å². The van der Waals surface area contributed by atoms with E-state index < -0.39 is 0 Å². The minimum absolute atomic E-state index is 0.154. The summed E-state index contributed by atoms with van der Waals surface area (Å²) in [6.07, 6.45) is 0.837. The molecule has 3 rings (SSSR count). The summed E-state index contributed by atoms with van der Waals surface area (Å²) in [6, 6.07) is 14.6. The van der Waals surface area contributed by atoms with Crippen molar-refractivity contribution in [2.45, 2.75) is 13.3 Å². The third kappa shape index (κ3) is 2.70. The molecule has 0 fully saturated rings. The van der Waals surface area contributed by atoms with Crippen LogP contribution in [0.25, 0.3) is 16.6 Å². The van der Waals surface area contributed by atoms with E-state index in [2.05, 4.69) is 4.98 Å². The predicted molar refractivity (Wildman–Crippen MR) is 88.1 cm³/mol. The molecule has 5 heteroatoms. The fourth-order valence-electron chi connectivity index (χ4n) is 2.22. The van der Waals surface area contributed by atoms with Gasteiger partial charge in [-0.05, 0) is 42.8 Å². The summed E-state index contributed by atoms with van der Waals surface area (Å²) in [5.41, 5.74) is 1.15. The van der Waals surface area contributed by atoms with Crippen molar-refractivity contribution in [1.29, 1.82) is 0 Å². The van der Waals surface area contributed by atoms with Gasteiger partial charge in [0, 0.05) is 5.02 Å². The molecule has 0 bridgehead atoms. The lowest BCUT2D eigenvalue weighted by Crippen LogP contribution is -2.22. The van der Waals surface area contributed by atoms with Gasteiger partial charge in [-0.25, -0.2) is 4.57 Å². The fraction of sp³-hybridized carbons (Fsp3) is 0.176. The first-order valence-corrected chi connectivity index (χ1v) is 7.49. The van der Waals surface area contributed by atoms with E-state index in [1.54, 1.807) is 30.3 Å². The Balaban J connectivity index is 2.27. The molecule has 2 aromatic carbocycles. The molecule has 0 aliphatic rings. The minimum Gasteiger partial charge on any atom is -0.464 e. The van der Waals surface area contributed by atoms with Crippen molar-refractivity contribution >= 4 is 22.5 Å². The van der Waals surface area contributed by atoms with Crippen LogP contribution in [0, 0.1) is 0 Å². The number of halogens is 1. The zero-order valence-electron chi connectivity index (χ0n) is 12.1. The second kappa shape index (κ2) is 6.20. The van der Waals surface area contributed by atoms with Gasteiger partial charge in [0.15, 0.2) is 0 Å². The monoisotopic (exact) mass is 314 g/mol. The second-order valence-electron chi connectivity index (χ2n) is 4.88. The summed E-state index contributed by atoms with van der Waals surface area (Å²) in [5, 5.41) is 1.17. The van der Waals surface area contributed by atoms with Crippen LogP contribution in [0.2, 0.25) is 5.02 Å². The summed E-state index contributed by atoms with van der Waals surface area (Å²) in [7, 11) is 0. The highest BCUT2D eigenvalue weighted by Crippen LogP contribution is 2.19. The number of benzene rings is 2. The summed E-state index contributed by atoms with van der Waals surface area (Å²) in [6.45, 7) is 2.50. The summed E-state index contributed by atoms with van der Waals surface area (Å²) in [5.74, 6) is 0. The average molecular weight is 315 g/mol. The first-order valence-electron chi connectivity index (χ1n) is 7.11. The van der Waals surface area contributed by atoms with Crippen molar-refractivity contribution in [3.63, 3.8) is 0 Å². The van der Waals surface area contributed by atoms with Gasteiger partial charge in [0.25, 0.3) is 5.56 Å². The number of hydrogen-bond acceptors (Lipinski definition) is 3. The Hall–Kier alpha value is -2.33. The molecule has 1 heterocycles. The van der Waals surface area contributed by atoms with E-state index in [4.69, 9.17) is 16.3 Å². The minimum atomic E-state index is -0.154. The van der Waals surface area contributed by atoms with Crippen molar-refractivity contribution in [2.75, 3.05) is 6.61 Å². The number of rotatable bonds is 4. The number of fused-ring (bicyclic) bond motifs is 1. The van der Waals surface area contributed by atoms with Crippen LogP contribution in [-0.2, 0) is 0 Å². The molecular weight excluding hydrogens is 300 g/mol.